The molecule has 3 rings (SSSR count). The summed E-state index contributed by atoms with van der Waals surface area (Å²) < 4.78 is 16.9. The highest BCUT2D eigenvalue weighted by molar-refractivity contribution is 5.92. The number of benzene rings is 3. The van der Waals surface area contributed by atoms with Crippen LogP contribution in [0.2, 0.25) is 0 Å². The summed E-state index contributed by atoms with van der Waals surface area (Å²) in [6.07, 6.45) is 14.5. The highest BCUT2D eigenvalue weighted by atomic mass is 16.5. The van der Waals surface area contributed by atoms with E-state index in [9.17, 15) is 9.59 Å². The molecule has 230 valence electrons. The van der Waals surface area contributed by atoms with Gasteiger partial charge in [0.15, 0.2) is 0 Å². The lowest BCUT2D eigenvalue weighted by Crippen LogP contribution is -2.15. The minimum atomic E-state index is -0.483. The monoisotopic (exact) mass is 585 g/mol. The summed E-state index contributed by atoms with van der Waals surface area (Å²) in [5.74, 6) is 0.370. The first-order valence-electron chi connectivity index (χ1n) is 15.9. The van der Waals surface area contributed by atoms with Crippen molar-refractivity contribution in [1.82, 2.24) is 0 Å². The molecule has 0 spiro atoms. The van der Waals surface area contributed by atoms with Crippen molar-refractivity contribution in [2.24, 2.45) is 4.99 Å². The predicted molar refractivity (Wildman–Crippen MR) is 174 cm³/mol. The molecular weight excluding hydrogens is 538 g/mol. The summed E-state index contributed by atoms with van der Waals surface area (Å²) >= 11 is 0. The van der Waals surface area contributed by atoms with Crippen molar-refractivity contribution in [2.45, 2.75) is 97.5 Å². The molecule has 0 amide bonds. The van der Waals surface area contributed by atoms with Gasteiger partial charge in [0, 0.05) is 6.21 Å². The van der Waals surface area contributed by atoms with Crippen LogP contribution in [-0.4, -0.2) is 30.9 Å². The quantitative estimate of drug-likeness (QED) is 0.0606. The molecule has 3 aromatic carbocycles. The highest BCUT2D eigenvalue weighted by Crippen LogP contribution is 2.19. The lowest BCUT2D eigenvalue weighted by Gasteiger charge is -2.13. The van der Waals surface area contributed by atoms with Crippen molar-refractivity contribution < 1.29 is 23.8 Å². The Balaban J connectivity index is 1.42. The second-order valence-corrected chi connectivity index (χ2v) is 11.0. The number of hydrogen-bond acceptors (Lipinski definition) is 6. The fourth-order valence-electron chi connectivity index (χ4n) is 4.55. The third kappa shape index (κ3) is 12.9. The van der Waals surface area contributed by atoms with Crippen LogP contribution in [-0.2, 0) is 4.74 Å². The molecule has 0 aliphatic rings. The molecule has 0 aliphatic carbocycles. The van der Waals surface area contributed by atoms with Crippen LogP contribution in [0.1, 0.15) is 118 Å². The fraction of sp³-hybridized carbons (Fsp3) is 0.432. The van der Waals surface area contributed by atoms with Crippen LogP contribution < -0.4 is 9.47 Å². The molecule has 0 fully saturated rings. The molecule has 0 unspecified atom stereocenters. The molecule has 0 radical (unpaired) electrons. The smallest absolute Gasteiger partial charge is 0.343 e. The van der Waals surface area contributed by atoms with Crippen LogP contribution >= 0.6 is 0 Å². The van der Waals surface area contributed by atoms with Gasteiger partial charge >= 0.3 is 11.9 Å². The summed E-state index contributed by atoms with van der Waals surface area (Å²) in [7, 11) is 0. The molecule has 0 heterocycles. The van der Waals surface area contributed by atoms with Crippen LogP contribution in [0, 0.1) is 0 Å². The minimum Gasteiger partial charge on any atom is -0.494 e. The maximum absolute atomic E-state index is 12.6. The van der Waals surface area contributed by atoms with Gasteiger partial charge in [-0.3, -0.25) is 4.99 Å². The summed E-state index contributed by atoms with van der Waals surface area (Å²) in [5.41, 5.74) is 2.52. The number of rotatable bonds is 19. The van der Waals surface area contributed by atoms with Gasteiger partial charge in [-0.25, -0.2) is 9.59 Å². The van der Waals surface area contributed by atoms with Crippen molar-refractivity contribution in [3.8, 4) is 11.5 Å². The average molecular weight is 586 g/mol. The molecule has 0 saturated heterocycles. The molecular formula is C37H47NO5. The van der Waals surface area contributed by atoms with Gasteiger partial charge in [0.25, 0.3) is 0 Å². The van der Waals surface area contributed by atoms with E-state index in [2.05, 4.69) is 18.8 Å². The maximum Gasteiger partial charge on any atom is 0.343 e. The fourth-order valence-corrected chi connectivity index (χ4v) is 4.55. The van der Waals surface area contributed by atoms with E-state index in [4.69, 9.17) is 14.2 Å². The number of ether oxygens (including phenoxy) is 3. The van der Waals surface area contributed by atoms with Gasteiger partial charge in [0.2, 0.25) is 0 Å². The topological polar surface area (TPSA) is 74.2 Å². The molecule has 0 saturated carbocycles. The molecule has 43 heavy (non-hydrogen) atoms. The molecule has 0 aliphatic heterocycles. The van der Waals surface area contributed by atoms with E-state index in [-0.39, 0.29) is 12.1 Å². The first-order valence-corrected chi connectivity index (χ1v) is 15.9. The van der Waals surface area contributed by atoms with Crippen molar-refractivity contribution >= 4 is 23.8 Å². The van der Waals surface area contributed by atoms with E-state index >= 15 is 0 Å². The van der Waals surface area contributed by atoms with Crippen LogP contribution in [0.15, 0.2) is 77.8 Å². The Morgan fingerprint density at radius 3 is 1.91 bits per heavy atom. The number of esters is 2. The van der Waals surface area contributed by atoms with Crippen molar-refractivity contribution in [3.05, 3.63) is 89.5 Å². The highest BCUT2D eigenvalue weighted by Gasteiger charge is 2.13. The predicted octanol–water partition coefficient (Wildman–Crippen LogP) is 9.91. The molecule has 6 nitrogen and oxygen atoms in total. The first-order chi connectivity index (χ1) is 21.0. The van der Waals surface area contributed by atoms with E-state index < -0.39 is 5.97 Å². The zero-order chi connectivity index (χ0) is 30.7. The van der Waals surface area contributed by atoms with Crippen molar-refractivity contribution in [3.63, 3.8) is 0 Å². The lowest BCUT2D eigenvalue weighted by atomic mass is 10.1. The minimum absolute atomic E-state index is 0.131. The van der Waals surface area contributed by atoms with Gasteiger partial charge < -0.3 is 14.2 Å². The zero-order valence-corrected chi connectivity index (χ0v) is 26.1. The number of carbonyl (C=O) groups excluding carboxylic acids is 2. The Kier molecular flexibility index (Phi) is 15.1. The van der Waals surface area contributed by atoms with Gasteiger partial charge in [0.1, 0.15) is 11.5 Å². The SMILES string of the molecule is CCCCCCCCOc1ccc(C=Nc2ccc(C(=O)Oc3ccc(C(=O)O[C@H](C)CCCCCC)cc3)cc2)cc1. The van der Waals surface area contributed by atoms with Crippen LogP contribution in [0.3, 0.4) is 0 Å². The Morgan fingerprint density at radius 2 is 1.23 bits per heavy atom. The first kappa shape index (κ1) is 33.6. The van der Waals surface area contributed by atoms with Gasteiger partial charge in [-0.05, 0) is 105 Å². The molecule has 0 N–H and O–H groups in total. The van der Waals surface area contributed by atoms with Gasteiger partial charge in [0.05, 0.1) is 29.5 Å². The number of unbranched alkanes of at least 4 members (excludes halogenated alkanes) is 8. The second kappa shape index (κ2) is 19.3. The van der Waals surface area contributed by atoms with Crippen LogP contribution in [0.25, 0.3) is 0 Å². The molecule has 6 heteroatoms. The third-order valence-corrected chi connectivity index (χ3v) is 7.19. The summed E-state index contributed by atoms with van der Waals surface area (Å²) in [4.78, 5) is 29.6. The summed E-state index contributed by atoms with van der Waals surface area (Å²) in [5, 5.41) is 0. The van der Waals surface area contributed by atoms with Gasteiger partial charge in [-0.15, -0.1) is 0 Å². The lowest BCUT2D eigenvalue weighted by molar-refractivity contribution is 0.0319. The van der Waals surface area contributed by atoms with E-state index in [1.54, 1.807) is 54.7 Å². The van der Waals surface area contributed by atoms with Gasteiger partial charge in [-0.2, -0.15) is 0 Å². The average Bonchev–Trinajstić information content (AvgIpc) is 3.03. The molecule has 0 bridgehead atoms. The molecule has 1 atom stereocenters. The number of hydrogen-bond donors (Lipinski definition) is 0. The van der Waals surface area contributed by atoms with E-state index in [0.29, 0.717) is 16.9 Å². The largest absolute Gasteiger partial charge is 0.494 e. The normalized spacial score (nSPS) is 11.8. The summed E-state index contributed by atoms with van der Waals surface area (Å²) in [6, 6.07) is 21.2. The number of carbonyl (C=O) groups is 2. The Hall–Kier alpha value is -3.93. The van der Waals surface area contributed by atoms with Gasteiger partial charge in [-0.1, -0.05) is 65.2 Å². The summed E-state index contributed by atoms with van der Waals surface area (Å²) in [6.45, 7) is 7.06. The Morgan fingerprint density at radius 1 is 0.674 bits per heavy atom. The third-order valence-electron chi connectivity index (χ3n) is 7.19. The van der Waals surface area contributed by atoms with E-state index in [0.717, 1.165) is 49.3 Å². The van der Waals surface area contributed by atoms with Crippen molar-refractivity contribution in [2.75, 3.05) is 6.61 Å². The molecule has 3 aromatic rings. The van der Waals surface area contributed by atoms with E-state index in [1.165, 1.54) is 44.9 Å². The van der Waals surface area contributed by atoms with Crippen LogP contribution in [0.4, 0.5) is 5.69 Å². The Labute approximate surface area is 257 Å². The maximum atomic E-state index is 12.6. The van der Waals surface area contributed by atoms with Crippen LogP contribution in [0.5, 0.6) is 11.5 Å². The number of nitrogens with zero attached hydrogens (tertiary/aromatic N) is 1. The van der Waals surface area contributed by atoms with Crippen molar-refractivity contribution in [1.29, 1.82) is 0 Å². The molecule has 0 aromatic heterocycles. The second-order valence-electron chi connectivity index (χ2n) is 11.0. The zero-order valence-electron chi connectivity index (χ0n) is 26.1. The Bertz CT molecular complexity index is 1250. The van der Waals surface area contributed by atoms with E-state index in [1.807, 2.05) is 31.2 Å². The standard InChI is InChI=1S/C37H47NO5/c1-4-6-8-10-11-13-27-41-34-23-15-30(16-24-34)28-38-33-21-17-31(18-22-33)37(40)43-35-25-19-32(20-26-35)36(39)42-29(3)14-12-9-7-5-2/h15-26,28-29H,4-14,27H2,1-3H3/t29-/m1/s1. The number of aliphatic imine (C=N–C) groups is 1.